The van der Waals surface area contributed by atoms with Gasteiger partial charge in [0.05, 0.1) is 12.2 Å². The molecule has 1 amide bonds. The Kier molecular flexibility index (Phi) is 8.05. The minimum absolute atomic E-state index is 0.534. The first kappa shape index (κ1) is 25.0. The molecule has 5 rings (SSSR count). The van der Waals surface area contributed by atoms with Crippen molar-refractivity contribution in [3.05, 3.63) is 73.1 Å². The average Bonchev–Trinajstić information content (AvgIpc) is 3.40. The van der Waals surface area contributed by atoms with Gasteiger partial charge in [0, 0.05) is 61.3 Å². The van der Waals surface area contributed by atoms with Gasteiger partial charge in [0.2, 0.25) is 0 Å². The molecule has 0 spiro atoms. The Labute approximate surface area is 211 Å². The van der Waals surface area contributed by atoms with Crippen LogP contribution < -0.4 is 0 Å². The maximum absolute atomic E-state index is 9.62. The van der Waals surface area contributed by atoms with Crippen molar-refractivity contribution in [3.63, 3.8) is 0 Å². The van der Waals surface area contributed by atoms with Crippen LogP contribution in [-0.2, 0) is 0 Å². The van der Waals surface area contributed by atoms with Crippen LogP contribution in [0, 0.1) is 6.92 Å². The molecule has 1 N–H and O–H groups in total. The first-order valence-electron chi connectivity index (χ1n) is 12.2. The molecule has 1 saturated carbocycles. The van der Waals surface area contributed by atoms with E-state index in [2.05, 4.69) is 49.1 Å². The second kappa shape index (κ2) is 11.6. The third kappa shape index (κ3) is 6.33. The van der Waals surface area contributed by atoms with Crippen LogP contribution in [-0.4, -0.2) is 54.9 Å². The van der Waals surface area contributed by atoms with Gasteiger partial charge in [-0.1, -0.05) is 37.5 Å². The van der Waals surface area contributed by atoms with Gasteiger partial charge in [-0.25, -0.2) is 14.8 Å². The molecule has 1 aliphatic rings. The van der Waals surface area contributed by atoms with Crippen molar-refractivity contribution in [1.82, 2.24) is 29.6 Å². The molecule has 3 aromatic heterocycles. The van der Waals surface area contributed by atoms with E-state index in [0.717, 1.165) is 44.2 Å². The van der Waals surface area contributed by atoms with E-state index in [-0.39, 0.29) is 0 Å². The van der Waals surface area contributed by atoms with Gasteiger partial charge < -0.3 is 10.0 Å². The highest BCUT2D eigenvalue weighted by atomic mass is 16.4. The number of aryl methyl sites for hydroxylation is 1. The highest BCUT2D eigenvalue weighted by molar-refractivity contribution is 5.71. The number of amides is 1. The largest absolute Gasteiger partial charge is 0.465 e. The Morgan fingerprint density at radius 2 is 1.56 bits per heavy atom. The SMILES string of the molecule is CN(C)C(=O)O.Cc1cc(-c2cccc(-c3ncc(-c4cnn(C5CCCCC5)c4)cn3)c2)ccn1. The lowest BCUT2D eigenvalue weighted by atomic mass is 9.96. The van der Waals surface area contributed by atoms with Gasteiger partial charge in [0.1, 0.15) is 0 Å². The lowest BCUT2D eigenvalue weighted by Crippen LogP contribution is -2.18. The highest BCUT2D eigenvalue weighted by Crippen LogP contribution is 2.30. The maximum Gasteiger partial charge on any atom is 0.406 e. The molecular formula is C28H32N6O2. The van der Waals surface area contributed by atoms with Crippen molar-refractivity contribution in [2.45, 2.75) is 45.1 Å². The summed E-state index contributed by atoms with van der Waals surface area (Å²) in [6, 6.07) is 13.0. The average molecular weight is 485 g/mol. The topological polar surface area (TPSA) is 97.0 Å². The molecule has 0 saturated heterocycles. The van der Waals surface area contributed by atoms with Gasteiger partial charge in [-0.05, 0) is 49.1 Å². The number of hydrogen-bond donors (Lipinski definition) is 1. The first-order valence-corrected chi connectivity index (χ1v) is 12.2. The van der Waals surface area contributed by atoms with E-state index in [0.29, 0.717) is 6.04 Å². The van der Waals surface area contributed by atoms with Crippen LogP contribution in [0.5, 0.6) is 0 Å². The Balaban J connectivity index is 0.000000455. The Hall–Kier alpha value is -4.07. The molecule has 36 heavy (non-hydrogen) atoms. The zero-order valence-electron chi connectivity index (χ0n) is 21.0. The smallest absolute Gasteiger partial charge is 0.406 e. The van der Waals surface area contributed by atoms with Gasteiger partial charge in [-0.15, -0.1) is 0 Å². The fourth-order valence-corrected chi connectivity index (χ4v) is 4.22. The highest BCUT2D eigenvalue weighted by Gasteiger charge is 2.16. The monoisotopic (exact) mass is 484 g/mol. The molecule has 0 bridgehead atoms. The molecule has 0 radical (unpaired) electrons. The fourth-order valence-electron chi connectivity index (χ4n) is 4.22. The standard InChI is InChI=1S/C25H25N5.C3H7NO2/c1-18-12-20(10-11-26-18)19-6-5-7-21(13-19)25-27-14-22(15-28-25)23-16-29-30(17-23)24-8-3-2-4-9-24;1-4(2)3(5)6/h5-7,10-17,24H,2-4,8-9H2,1H3;1-2H3,(H,5,6). The third-order valence-electron chi connectivity index (χ3n) is 6.27. The van der Waals surface area contributed by atoms with E-state index in [1.807, 2.05) is 49.9 Å². The number of pyridine rings is 1. The summed E-state index contributed by atoms with van der Waals surface area (Å²) in [4.78, 5) is 24.3. The van der Waals surface area contributed by atoms with Crippen LogP contribution in [0.15, 0.2) is 67.4 Å². The Morgan fingerprint density at radius 1 is 0.889 bits per heavy atom. The van der Waals surface area contributed by atoms with Crippen LogP contribution in [0.4, 0.5) is 4.79 Å². The summed E-state index contributed by atoms with van der Waals surface area (Å²) >= 11 is 0. The van der Waals surface area contributed by atoms with Crippen LogP contribution >= 0.6 is 0 Å². The molecule has 8 nitrogen and oxygen atoms in total. The summed E-state index contributed by atoms with van der Waals surface area (Å²) in [7, 11) is 2.95. The van der Waals surface area contributed by atoms with Crippen LogP contribution in [0.3, 0.4) is 0 Å². The van der Waals surface area contributed by atoms with Gasteiger partial charge in [-0.3, -0.25) is 9.67 Å². The van der Waals surface area contributed by atoms with E-state index < -0.39 is 6.09 Å². The molecule has 0 aliphatic heterocycles. The predicted molar refractivity (Wildman–Crippen MR) is 140 cm³/mol. The minimum atomic E-state index is -0.907. The molecule has 0 atom stereocenters. The number of nitrogens with zero attached hydrogens (tertiary/aromatic N) is 6. The van der Waals surface area contributed by atoms with Crippen molar-refractivity contribution in [3.8, 4) is 33.6 Å². The Morgan fingerprint density at radius 3 is 2.22 bits per heavy atom. The van der Waals surface area contributed by atoms with Gasteiger partial charge in [-0.2, -0.15) is 5.10 Å². The van der Waals surface area contributed by atoms with Crippen LogP contribution in [0.2, 0.25) is 0 Å². The molecular weight excluding hydrogens is 452 g/mol. The number of rotatable bonds is 4. The van der Waals surface area contributed by atoms with Crippen LogP contribution in [0.25, 0.3) is 33.6 Å². The number of hydrogen-bond acceptors (Lipinski definition) is 5. The lowest BCUT2D eigenvalue weighted by molar-refractivity contribution is 0.165. The summed E-state index contributed by atoms with van der Waals surface area (Å²) < 4.78 is 2.13. The molecule has 8 heteroatoms. The number of carbonyl (C=O) groups is 1. The number of benzene rings is 1. The van der Waals surface area contributed by atoms with Gasteiger partial charge in [0.25, 0.3) is 0 Å². The summed E-state index contributed by atoms with van der Waals surface area (Å²) in [5.74, 6) is 0.728. The lowest BCUT2D eigenvalue weighted by Gasteiger charge is -2.21. The molecule has 0 unspecified atom stereocenters. The van der Waals surface area contributed by atoms with E-state index >= 15 is 0 Å². The summed E-state index contributed by atoms with van der Waals surface area (Å²) in [5, 5.41) is 12.5. The summed E-state index contributed by atoms with van der Waals surface area (Å²) in [5.41, 5.74) is 6.38. The quantitative estimate of drug-likeness (QED) is 0.375. The fraction of sp³-hybridized carbons (Fsp3) is 0.321. The van der Waals surface area contributed by atoms with Crippen molar-refractivity contribution in [2.24, 2.45) is 0 Å². The van der Waals surface area contributed by atoms with Crippen molar-refractivity contribution >= 4 is 6.09 Å². The zero-order valence-corrected chi connectivity index (χ0v) is 21.0. The number of carboxylic acid groups (broad SMARTS) is 1. The first-order chi connectivity index (χ1) is 17.4. The van der Waals surface area contributed by atoms with E-state index in [4.69, 9.17) is 5.11 Å². The van der Waals surface area contributed by atoms with Crippen LogP contribution in [0.1, 0.15) is 43.8 Å². The molecule has 186 valence electrons. The van der Waals surface area contributed by atoms with Gasteiger partial charge in [0.15, 0.2) is 5.82 Å². The summed E-state index contributed by atoms with van der Waals surface area (Å²) in [6.45, 7) is 2.01. The summed E-state index contributed by atoms with van der Waals surface area (Å²) in [6.07, 6.45) is 15.2. The van der Waals surface area contributed by atoms with Crippen molar-refractivity contribution in [2.75, 3.05) is 14.1 Å². The minimum Gasteiger partial charge on any atom is -0.465 e. The van der Waals surface area contributed by atoms with E-state index in [9.17, 15) is 4.79 Å². The van der Waals surface area contributed by atoms with E-state index in [1.54, 1.807) is 0 Å². The maximum atomic E-state index is 9.62. The molecule has 1 fully saturated rings. The zero-order chi connectivity index (χ0) is 25.5. The van der Waals surface area contributed by atoms with Crippen molar-refractivity contribution < 1.29 is 9.90 Å². The second-order valence-corrected chi connectivity index (χ2v) is 9.24. The number of aromatic nitrogens is 5. The third-order valence-corrected chi connectivity index (χ3v) is 6.27. The second-order valence-electron chi connectivity index (χ2n) is 9.24. The predicted octanol–water partition coefficient (Wildman–Crippen LogP) is 6.11. The van der Waals surface area contributed by atoms with E-state index in [1.165, 1.54) is 46.2 Å². The Bertz CT molecular complexity index is 1290. The van der Waals surface area contributed by atoms with Crippen molar-refractivity contribution in [1.29, 1.82) is 0 Å². The molecule has 1 aliphatic carbocycles. The molecule has 3 heterocycles. The normalized spacial score (nSPS) is 13.5. The molecule has 1 aromatic carbocycles. The molecule has 4 aromatic rings. The van der Waals surface area contributed by atoms with Gasteiger partial charge >= 0.3 is 6.09 Å².